The average Bonchev–Trinajstić information content (AvgIpc) is 2.83. The van der Waals surface area contributed by atoms with Gasteiger partial charge in [0, 0.05) is 30.4 Å². The van der Waals surface area contributed by atoms with Crippen molar-refractivity contribution >= 4 is 16.9 Å². The van der Waals surface area contributed by atoms with Crippen LogP contribution in [0.3, 0.4) is 0 Å². The molecule has 21 heavy (non-hydrogen) atoms. The van der Waals surface area contributed by atoms with Gasteiger partial charge in [-0.05, 0) is 37.6 Å². The molecule has 114 valence electrons. The van der Waals surface area contributed by atoms with E-state index in [2.05, 4.69) is 35.5 Å². The molecule has 1 amide bonds. The Morgan fingerprint density at radius 3 is 2.95 bits per heavy atom. The predicted octanol–water partition coefficient (Wildman–Crippen LogP) is 2.06. The average molecular weight is 288 g/mol. The third-order valence-corrected chi connectivity index (χ3v) is 3.62. The molecule has 0 spiro atoms. The Morgan fingerprint density at radius 2 is 2.24 bits per heavy atom. The lowest BCUT2D eigenvalue weighted by Gasteiger charge is -2.12. The maximum Gasteiger partial charge on any atom is 0.240 e. The van der Waals surface area contributed by atoms with Crippen LogP contribution in [0.25, 0.3) is 11.0 Å². The molecule has 0 aliphatic heterocycles. The van der Waals surface area contributed by atoms with E-state index in [1.54, 1.807) is 6.20 Å². The number of aromatic nitrogens is 2. The first-order valence-corrected chi connectivity index (χ1v) is 7.58. The molecule has 5 nitrogen and oxygen atoms in total. The van der Waals surface area contributed by atoms with E-state index in [-0.39, 0.29) is 11.9 Å². The van der Waals surface area contributed by atoms with E-state index < -0.39 is 0 Å². The zero-order valence-corrected chi connectivity index (χ0v) is 13.0. The number of nitrogens with one attached hydrogen (secondary N) is 2. The molecule has 0 aliphatic carbocycles. The Balaban J connectivity index is 2.21. The van der Waals surface area contributed by atoms with Crippen molar-refractivity contribution in [3.8, 4) is 0 Å². The number of hydrogen-bond donors (Lipinski definition) is 2. The van der Waals surface area contributed by atoms with E-state index >= 15 is 0 Å². The Kier molecular flexibility index (Phi) is 5.33. The Hall–Kier alpha value is -1.88. The van der Waals surface area contributed by atoms with Gasteiger partial charge in [0.05, 0.1) is 0 Å². The van der Waals surface area contributed by atoms with E-state index in [1.165, 1.54) is 5.56 Å². The summed E-state index contributed by atoms with van der Waals surface area (Å²) in [6.07, 6.45) is 4.72. The van der Waals surface area contributed by atoms with Crippen molar-refractivity contribution in [1.29, 1.82) is 0 Å². The van der Waals surface area contributed by atoms with Crippen LogP contribution in [0.4, 0.5) is 0 Å². The first-order valence-electron chi connectivity index (χ1n) is 7.58. The molecular weight excluding hydrogens is 264 g/mol. The molecule has 0 saturated carbocycles. The van der Waals surface area contributed by atoms with Gasteiger partial charge in [-0.25, -0.2) is 4.98 Å². The van der Waals surface area contributed by atoms with E-state index in [9.17, 15) is 4.79 Å². The molecular formula is C16H24N4O. The smallest absolute Gasteiger partial charge is 0.240 e. The van der Waals surface area contributed by atoms with Gasteiger partial charge in [0.2, 0.25) is 5.91 Å². The number of rotatable bonds is 7. The van der Waals surface area contributed by atoms with Crippen LogP contribution in [0, 0.1) is 0 Å². The highest BCUT2D eigenvalue weighted by Gasteiger charge is 2.12. The minimum absolute atomic E-state index is 0.0295. The van der Waals surface area contributed by atoms with Gasteiger partial charge in [0.15, 0.2) is 0 Å². The predicted molar refractivity (Wildman–Crippen MR) is 85.0 cm³/mol. The van der Waals surface area contributed by atoms with E-state index in [1.807, 2.05) is 23.8 Å². The standard InChI is InChI=1S/C16H24N4O/c1-4-12(3)19-15(21)11-20-10-13(9-17-5-2)14-7-6-8-18-16(14)20/h6-8,10,12,17H,4-5,9,11H2,1-3H3,(H,19,21). The third-order valence-electron chi connectivity index (χ3n) is 3.62. The minimum Gasteiger partial charge on any atom is -0.352 e. The molecule has 0 aromatic carbocycles. The van der Waals surface area contributed by atoms with Crippen molar-refractivity contribution < 1.29 is 4.79 Å². The van der Waals surface area contributed by atoms with Crippen LogP contribution in [-0.2, 0) is 17.9 Å². The number of fused-ring (bicyclic) bond motifs is 1. The quantitative estimate of drug-likeness (QED) is 0.820. The normalized spacial score (nSPS) is 12.5. The molecule has 2 aromatic rings. The molecule has 0 radical (unpaired) electrons. The summed E-state index contributed by atoms with van der Waals surface area (Å²) in [5.41, 5.74) is 2.04. The molecule has 2 aromatic heterocycles. The molecule has 0 aliphatic rings. The number of hydrogen-bond acceptors (Lipinski definition) is 3. The molecule has 2 heterocycles. The van der Waals surface area contributed by atoms with E-state index in [4.69, 9.17) is 0 Å². The molecule has 5 heteroatoms. The van der Waals surface area contributed by atoms with E-state index in [0.29, 0.717) is 6.54 Å². The monoisotopic (exact) mass is 288 g/mol. The van der Waals surface area contributed by atoms with Crippen molar-refractivity contribution in [2.45, 2.75) is 46.3 Å². The Labute approximate surface area is 125 Å². The minimum atomic E-state index is 0.0295. The SMILES string of the molecule is CCNCc1cn(CC(=O)NC(C)CC)c2ncccc12. The highest BCUT2D eigenvalue weighted by atomic mass is 16.2. The largest absolute Gasteiger partial charge is 0.352 e. The van der Waals surface area contributed by atoms with Gasteiger partial charge in [0.1, 0.15) is 12.2 Å². The molecule has 2 N–H and O–H groups in total. The summed E-state index contributed by atoms with van der Waals surface area (Å²) in [5, 5.41) is 7.42. The molecule has 0 fully saturated rings. The van der Waals surface area contributed by atoms with Gasteiger partial charge < -0.3 is 15.2 Å². The molecule has 0 bridgehead atoms. The fourth-order valence-corrected chi connectivity index (χ4v) is 2.29. The number of amides is 1. The molecule has 1 unspecified atom stereocenters. The van der Waals surface area contributed by atoms with Crippen molar-refractivity contribution in [3.05, 3.63) is 30.1 Å². The van der Waals surface area contributed by atoms with Crippen LogP contribution < -0.4 is 10.6 Å². The van der Waals surface area contributed by atoms with Gasteiger partial charge >= 0.3 is 0 Å². The number of carbonyl (C=O) groups is 1. The summed E-state index contributed by atoms with van der Waals surface area (Å²) in [6.45, 7) is 8.17. The fourth-order valence-electron chi connectivity index (χ4n) is 2.29. The number of carbonyl (C=O) groups excluding carboxylic acids is 1. The Bertz CT molecular complexity index is 605. The second-order valence-electron chi connectivity index (χ2n) is 5.31. The lowest BCUT2D eigenvalue weighted by molar-refractivity contribution is -0.122. The van der Waals surface area contributed by atoms with Gasteiger partial charge in [-0.2, -0.15) is 0 Å². The van der Waals surface area contributed by atoms with Crippen LogP contribution in [0.5, 0.6) is 0 Å². The topological polar surface area (TPSA) is 59.0 Å². The number of nitrogens with zero attached hydrogens (tertiary/aromatic N) is 2. The zero-order chi connectivity index (χ0) is 15.2. The summed E-state index contributed by atoms with van der Waals surface area (Å²) < 4.78 is 1.93. The van der Waals surface area contributed by atoms with Crippen LogP contribution in [-0.4, -0.2) is 28.0 Å². The highest BCUT2D eigenvalue weighted by molar-refractivity contribution is 5.83. The van der Waals surface area contributed by atoms with Crippen molar-refractivity contribution in [1.82, 2.24) is 20.2 Å². The van der Waals surface area contributed by atoms with Crippen LogP contribution >= 0.6 is 0 Å². The van der Waals surface area contributed by atoms with Gasteiger partial charge in [-0.3, -0.25) is 4.79 Å². The lowest BCUT2D eigenvalue weighted by atomic mass is 10.2. The first kappa shape index (κ1) is 15.5. The maximum absolute atomic E-state index is 12.1. The highest BCUT2D eigenvalue weighted by Crippen LogP contribution is 2.19. The fraction of sp³-hybridized carbons (Fsp3) is 0.500. The molecule has 2 rings (SSSR count). The second-order valence-corrected chi connectivity index (χ2v) is 5.31. The first-order chi connectivity index (χ1) is 10.2. The van der Waals surface area contributed by atoms with Crippen LogP contribution in [0.15, 0.2) is 24.5 Å². The van der Waals surface area contributed by atoms with Crippen molar-refractivity contribution in [3.63, 3.8) is 0 Å². The van der Waals surface area contributed by atoms with Crippen molar-refractivity contribution in [2.75, 3.05) is 6.54 Å². The van der Waals surface area contributed by atoms with Gasteiger partial charge in [-0.15, -0.1) is 0 Å². The zero-order valence-electron chi connectivity index (χ0n) is 13.0. The van der Waals surface area contributed by atoms with Crippen molar-refractivity contribution in [2.24, 2.45) is 0 Å². The van der Waals surface area contributed by atoms with E-state index in [0.717, 1.165) is 30.5 Å². The van der Waals surface area contributed by atoms with Crippen LogP contribution in [0.1, 0.15) is 32.8 Å². The summed E-state index contributed by atoms with van der Waals surface area (Å²) in [5.74, 6) is 0.0295. The third kappa shape index (κ3) is 3.82. The molecule has 0 saturated heterocycles. The molecule has 1 atom stereocenters. The van der Waals surface area contributed by atoms with Gasteiger partial charge in [0.25, 0.3) is 0 Å². The second kappa shape index (κ2) is 7.22. The summed E-state index contributed by atoms with van der Waals surface area (Å²) in [4.78, 5) is 16.5. The number of pyridine rings is 1. The van der Waals surface area contributed by atoms with Crippen LogP contribution in [0.2, 0.25) is 0 Å². The summed E-state index contributed by atoms with van der Waals surface area (Å²) in [7, 11) is 0. The lowest BCUT2D eigenvalue weighted by Crippen LogP contribution is -2.34. The summed E-state index contributed by atoms with van der Waals surface area (Å²) >= 11 is 0. The maximum atomic E-state index is 12.1. The van der Waals surface area contributed by atoms with Gasteiger partial charge in [-0.1, -0.05) is 13.8 Å². The Morgan fingerprint density at radius 1 is 1.43 bits per heavy atom. The summed E-state index contributed by atoms with van der Waals surface area (Å²) in [6, 6.07) is 4.19.